The number of benzene rings is 1. The predicted octanol–water partition coefficient (Wildman–Crippen LogP) is 3.81. The molecule has 0 aliphatic carbocycles. The number of anilines is 3. The van der Waals surface area contributed by atoms with Gasteiger partial charge in [-0.15, -0.1) is 0 Å². The maximum absolute atomic E-state index is 12.2. The number of nitrogens with one attached hydrogen (secondary N) is 2. The van der Waals surface area contributed by atoms with Gasteiger partial charge in [-0.25, -0.2) is 9.78 Å². The fraction of sp³-hybridized carbons (Fsp3) is 0.111. The first-order chi connectivity index (χ1) is 13.0. The van der Waals surface area contributed by atoms with E-state index >= 15 is 0 Å². The lowest BCUT2D eigenvalue weighted by Crippen LogP contribution is -2.12. The largest absolute Gasteiger partial charge is 0.465 e. The van der Waals surface area contributed by atoms with Crippen LogP contribution in [0.5, 0.6) is 0 Å². The number of ether oxygens (including phenoxy) is 1. The van der Waals surface area contributed by atoms with Crippen molar-refractivity contribution in [2.24, 2.45) is 0 Å². The first kappa shape index (κ1) is 18.4. The molecule has 0 bridgehead atoms. The number of aromatic nitrogens is 2. The predicted molar refractivity (Wildman–Crippen MR) is 99.5 cm³/mol. The van der Waals surface area contributed by atoms with Crippen LogP contribution in [0.2, 0.25) is 5.02 Å². The first-order valence-corrected chi connectivity index (χ1v) is 8.19. The van der Waals surface area contributed by atoms with Crippen LogP contribution in [0.15, 0.2) is 47.1 Å². The van der Waals surface area contributed by atoms with Crippen molar-refractivity contribution in [1.29, 1.82) is 0 Å². The number of amides is 1. The summed E-state index contributed by atoms with van der Waals surface area (Å²) in [5, 5.41) is 9.72. The van der Waals surface area contributed by atoms with Crippen molar-refractivity contribution in [1.82, 2.24) is 10.1 Å². The number of pyridine rings is 1. The molecular formula is C18H15ClN4O4. The number of nitrogens with zero attached hydrogens (tertiary/aromatic N) is 2. The minimum Gasteiger partial charge on any atom is -0.465 e. The number of hydrogen-bond acceptors (Lipinski definition) is 7. The van der Waals surface area contributed by atoms with Crippen molar-refractivity contribution in [2.45, 2.75) is 6.92 Å². The second kappa shape index (κ2) is 7.88. The molecule has 0 atom stereocenters. The van der Waals surface area contributed by atoms with Crippen LogP contribution in [0.3, 0.4) is 0 Å². The minimum absolute atomic E-state index is 0.325. The third-order valence-electron chi connectivity index (χ3n) is 3.55. The highest BCUT2D eigenvalue weighted by atomic mass is 35.5. The van der Waals surface area contributed by atoms with E-state index in [1.165, 1.54) is 13.3 Å². The summed E-state index contributed by atoms with van der Waals surface area (Å²) >= 11 is 6.15. The van der Waals surface area contributed by atoms with E-state index in [0.29, 0.717) is 39.2 Å². The van der Waals surface area contributed by atoms with Gasteiger partial charge in [-0.2, -0.15) is 0 Å². The minimum atomic E-state index is -0.474. The second-order valence-corrected chi connectivity index (χ2v) is 5.93. The van der Waals surface area contributed by atoms with E-state index in [1.54, 1.807) is 43.3 Å². The molecule has 0 aliphatic rings. The quantitative estimate of drug-likeness (QED) is 0.642. The molecule has 3 aromatic rings. The van der Waals surface area contributed by atoms with Crippen LogP contribution in [-0.2, 0) is 4.74 Å². The molecule has 0 unspecified atom stereocenters. The van der Waals surface area contributed by atoms with Gasteiger partial charge in [0, 0.05) is 12.3 Å². The molecule has 0 radical (unpaired) electrons. The fourth-order valence-corrected chi connectivity index (χ4v) is 2.38. The Kier molecular flexibility index (Phi) is 5.37. The summed E-state index contributed by atoms with van der Waals surface area (Å²) in [6.45, 7) is 1.73. The summed E-state index contributed by atoms with van der Waals surface area (Å²) in [4.78, 5) is 28.0. The molecule has 0 aliphatic heterocycles. The molecule has 138 valence electrons. The van der Waals surface area contributed by atoms with E-state index < -0.39 is 5.97 Å². The Morgan fingerprint density at radius 3 is 2.52 bits per heavy atom. The van der Waals surface area contributed by atoms with Gasteiger partial charge in [0.05, 0.1) is 28.9 Å². The lowest BCUT2D eigenvalue weighted by atomic mass is 10.2. The number of methoxy groups -OCH3 is 1. The Hall–Kier alpha value is -3.39. The van der Waals surface area contributed by atoms with Crippen LogP contribution in [-0.4, -0.2) is 29.1 Å². The first-order valence-electron chi connectivity index (χ1n) is 7.82. The zero-order chi connectivity index (χ0) is 19.4. The highest BCUT2D eigenvalue weighted by molar-refractivity contribution is 6.33. The lowest BCUT2D eigenvalue weighted by Gasteiger charge is -2.10. The van der Waals surface area contributed by atoms with E-state index in [0.717, 1.165) is 0 Å². The Labute approximate surface area is 159 Å². The number of aryl methyl sites for hydroxylation is 1. The number of carbonyl (C=O) groups is 2. The number of esters is 1. The van der Waals surface area contributed by atoms with E-state index in [4.69, 9.17) is 20.9 Å². The standard InChI is InChI=1S/C18H15ClN4O4/c1-10-7-16(23-27-10)22-17(24)12-4-6-15(20-9-12)21-14-8-11(18(25)26-2)3-5-13(14)19/h3-9H,1-2H3,(H,20,21)(H,22,23,24). The van der Waals surface area contributed by atoms with Crippen molar-refractivity contribution < 1.29 is 18.8 Å². The monoisotopic (exact) mass is 386 g/mol. The highest BCUT2D eigenvalue weighted by Gasteiger charge is 2.12. The fourth-order valence-electron chi connectivity index (χ4n) is 2.22. The molecule has 0 spiro atoms. The number of carbonyl (C=O) groups excluding carboxylic acids is 2. The van der Waals surface area contributed by atoms with Gasteiger partial charge in [-0.1, -0.05) is 16.8 Å². The zero-order valence-corrected chi connectivity index (χ0v) is 15.2. The van der Waals surface area contributed by atoms with Gasteiger partial charge in [0.2, 0.25) is 0 Å². The average Bonchev–Trinajstić information content (AvgIpc) is 3.08. The van der Waals surface area contributed by atoms with Gasteiger partial charge in [-0.3, -0.25) is 4.79 Å². The van der Waals surface area contributed by atoms with Crippen molar-refractivity contribution >= 4 is 40.8 Å². The van der Waals surface area contributed by atoms with Gasteiger partial charge >= 0.3 is 5.97 Å². The van der Waals surface area contributed by atoms with Crippen LogP contribution < -0.4 is 10.6 Å². The maximum Gasteiger partial charge on any atom is 0.337 e. The third-order valence-corrected chi connectivity index (χ3v) is 3.88. The second-order valence-electron chi connectivity index (χ2n) is 5.52. The van der Waals surface area contributed by atoms with Gasteiger partial charge < -0.3 is 19.9 Å². The number of rotatable bonds is 5. The molecule has 9 heteroatoms. The van der Waals surface area contributed by atoms with E-state index in [-0.39, 0.29) is 5.91 Å². The van der Waals surface area contributed by atoms with E-state index in [9.17, 15) is 9.59 Å². The maximum atomic E-state index is 12.2. The van der Waals surface area contributed by atoms with Gasteiger partial charge in [0.25, 0.3) is 5.91 Å². The summed E-state index contributed by atoms with van der Waals surface area (Å²) in [7, 11) is 1.30. The normalized spacial score (nSPS) is 10.3. The lowest BCUT2D eigenvalue weighted by molar-refractivity contribution is 0.0600. The molecule has 27 heavy (non-hydrogen) atoms. The smallest absolute Gasteiger partial charge is 0.337 e. The molecule has 1 aromatic carbocycles. The molecule has 0 fully saturated rings. The van der Waals surface area contributed by atoms with Crippen molar-refractivity contribution in [3.05, 3.63) is 64.5 Å². The molecule has 0 saturated heterocycles. The summed E-state index contributed by atoms with van der Waals surface area (Å²) in [5.41, 5.74) is 1.18. The van der Waals surface area contributed by atoms with E-state index in [1.807, 2.05) is 0 Å². The van der Waals surface area contributed by atoms with Crippen molar-refractivity contribution in [3.63, 3.8) is 0 Å². The SMILES string of the molecule is COC(=O)c1ccc(Cl)c(Nc2ccc(C(=O)Nc3cc(C)on3)cn2)c1. The molecule has 8 nitrogen and oxygen atoms in total. The van der Waals surface area contributed by atoms with Gasteiger partial charge in [0.1, 0.15) is 11.6 Å². The van der Waals surface area contributed by atoms with Crippen molar-refractivity contribution in [3.8, 4) is 0 Å². The zero-order valence-electron chi connectivity index (χ0n) is 14.4. The summed E-state index contributed by atoms with van der Waals surface area (Å²) in [5.74, 6) is 0.527. The number of halogens is 1. The van der Waals surface area contributed by atoms with Crippen LogP contribution in [0.1, 0.15) is 26.5 Å². The van der Waals surface area contributed by atoms with Crippen LogP contribution in [0, 0.1) is 6.92 Å². The van der Waals surface area contributed by atoms with Crippen LogP contribution in [0.25, 0.3) is 0 Å². The van der Waals surface area contributed by atoms with Gasteiger partial charge in [-0.05, 0) is 37.3 Å². The Bertz CT molecular complexity index is 985. The van der Waals surface area contributed by atoms with Crippen LogP contribution >= 0.6 is 11.6 Å². The summed E-state index contributed by atoms with van der Waals surface area (Å²) < 4.78 is 9.59. The molecule has 2 aromatic heterocycles. The molecule has 2 heterocycles. The summed E-state index contributed by atoms with van der Waals surface area (Å²) in [6, 6.07) is 9.52. The Morgan fingerprint density at radius 1 is 1.11 bits per heavy atom. The molecule has 0 saturated carbocycles. The highest BCUT2D eigenvalue weighted by Crippen LogP contribution is 2.26. The Morgan fingerprint density at radius 2 is 1.89 bits per heavy atom. The third kappa shape index (κ3) is 4.42. The van der Waals surface area contributed by atoms with Crippen LogP contribution in [0.4, 0.5) is 17.3 Å². The van der Waals surface area contributed by atoms with E-state index in [2.05, 4.69) is 20.8 Å². The molecular weight excluding hydrogens is 372 g/mol. The van der Waals surface area contributed by atoms with Crippen molar-refractivity contribution in [2.75, 3.05) is 17.7 Å². The average molecular weight is 387 g/mol. The topological polar surface area (TPSA) is 106 Å². The van der Waals surface area contributed by atoms with Gasteiger partial charge in [0.15, 0.2) is 5.82 Å². The number of hydrogen-bond donors (Lipinski definition) is 2. The molecule has 1 amide bonds. The molecule has 3 rings (SSSR count). The Balaban J connectivity index is 1.72. The summed E-state index contributed by atoms with van der Waals surface area (Å²) in [6.07, 6.45) is 1.41. The molecule has 2 N–H and O–H groups in total.